The summed E-state index contributed by atoms with van der Waals surface area (Å²) in [4.78, 5) is 0. The molecule has 0 bridgehead atoms. The molecule has 1 rings (SSSR count). The highest BCUT2D eigenvalue weighted by atomic mass is 35.5. The molecule has 0 spiro atoms. The molecule has 1 aromatic rings. The SMILES string of the molecule is C=C[C](C)c1cc(F)c(Cl)c(F)c1. The summed E-state index contributed by atoms with van der Waals surface area (Å²) >= 11 is 5.31. The second-order valence-electron chi connectivity index (χ2n) is 2.64. The van der Waals surface area contributed by atoms with Crippen molar-refractivity contribution in [1.82, 2.24) is 0 Å². The molecule has 69 valence electrons. The maximum absolute atomic E-state index is 12.9. The minimum absolute atomic E-state index is 0.453. The molecule has 0 N–H and O–H groups in total. The maximum Gasteiger partial charge on any atom is 0.145 e. The molecule has 0 saturated heterocycles. The van der Waals surface area contributed by atoms with E-state index in [4.69, 9.17) is 11.6 Å². The number of halogens is 3. The Labute approximate surface area is 80.8 Å². The third-order valence-electron chi connectivity index (χ3n) is 1.75. The van der Waals surface area contributed by atoms with Crippen molar-refractivity contribution in [2.24, 2.45) is 0 Å². The van der Waals surface area contributed by atoms with Crippen molar-refractivity contribution in [3.63, 3.8) is 0 Å². The monoisotopic (exact) mass is 201 g/mol. The lowest BCUT2D eigenvalue weighted by molar-refractivity contribution is 0.582. The molecule has 0 atom stereocenters. The molecular formula is C10H8ClF2. The van der Waals surface area contributed by atoms with Crippen molar-refractivity contribution in [1.29, 1.82) is 0 Å². The van der Waals surface area contributed by atoms with Gasteiger partial charge in [-0.15, -0.1) is 6.58 Å². The van der Waals surface area contributed by atoms with Gasteiger partial charge in [0.1, 0.15) is 16.7 Å². The van der Waals surface area contributed by atoms with Crippen LogP contribution < -0.4 is 0 Å². The van der Waals surface area contributed by atoms with Gasteiger partial charge in [0, 0.05) is 5.92 Å². The molecule has 0 fully saturated rings. The van der Waals surface area contributed by atoms with Gasteiger partial charge in [0.15, 0.2) is 0 Å². The summed E-state index contributed by atoms with van der Waals surface area (Å²) in [5.41, 5.74) is 0.453. The van der Waals surface area contributed by atoms with E-state index in [0.717, 1.165) is 0 Å². The van der Waals surface area contributed by atoms with E-state index < -0.39 is 16.7 Å². The molecule has 0 aromatic heterocycles. The second kappa shape index (κ2) is 3.88. The van der Waals surface area contributed by atoms with Crippen LogP contribution in [0, 0.1) is 17.6 Å². The van der Waals surface area contributed by atoms with Crippen LogP contribution in [0.4, 0.5) is 8.78 Å². The molecule has 0 aliphatic rings. The lowest BCUT2D eigenvalue weighted by Crippen LogP contribution is -1.94. The van der Waals surface area contributed by atoms with Gasteiger partial charge in [0.25, 0.3) is 0 Å². The van der Waals surface area contributed by atoms with Crippen molar-refractivity contribution >= 4 is 11.6 Å². The van der Waals surface area contributed by atoms with Gasteiger partial charge in [-0.3, -0.25) is 0 Å². The third kappa shape index (κ3) is 2.07. The van der Waals surface area contributed by atoms with Crippen LogP contribution in [-0.2, 0) is 0 Å². The number of allylic oxidation sites excluding steroid dienone is 1. The van der Waals surface area contributed by atoms with Crippen LogP contribution >= 0.6 is 11.6 Å². The molecule has 0 nitrogen and oxygen atoms in total. The highest BCUT2D eigenvalue weighted by molar-refractivity contribution is 6.30. The molecule has 1 aromatic carbocycles. The first kappa shape index (κ1) is 10.2. The Kier molecular flexibility index (Phi) is 3.04. The van der Waals surface area contributed by atoms with Gasteiger partial charge >= 0.3 is 0 Å². The smallest absolute Gasteiger partial charge is 0.145 e. The van der Waals surface area contributed by atoms with Crippen molar-refractivity contribution in [2.75, 3.05) is 0 Å². The summed E-state index contributed by atoms with van der Waals surface area (Å²) in [6.07, 6.45) is 1.53. The van der Waals surface area contributed by atoms with Crippen LogP contribution in [0.1, 0.15) is 12.5 Å². The number of hydrogen-bond donors (Lipinski definition) is 0. The van der Waals surface area contributed by atoms with Gasteiger partial charge in [-0.05, 0) is 17.7 Å². The summed E-state index contributed by atoms with van der Waals surface area (Å²) in [5, 5.41) is -0.472. The van der Waals surface area contributed by atoms with E-state index in [1.165, 1.54) is 18.2 Å². The van der Waals surface area contributed by atoms with Crippen molar-refractivity contribution in [2.45, 2.75) is 6.92 Å². The predicted octanol–water partition coefficient (Wildman–Crippen LogP) is 3.75. The van der Waals surface area contributed by atoms with E-state index in [1.54, 1.807) is 6.92 Å². The number of benzene rings is 1. The lowest BCUT2D eigenvalue weighted by atomic mass is 10.0. The summed E-state index contributed by atoms with van der Waals surface area (Å²) < 4.78 is 25.8. The van der Waals surface area contributed by atoms with Crippen LogP contribution in [0.2, 0.25) is 5.02 Å². The van der Waals surface area contributed by atoms with Gasteiger partial charge in [-0.25, -0.2) is 8.78 Å². The molecule has 13 heavy (non-hydrogen) atoms. The normalized spacial score (nSPS) is 10.5. The van der Waals surface area contributed by atoms with E-state index >= 15 is 0 Å². The molecule has 3 heteroatoms. The highest BCUT2D eigenvalue weighted by Gasteiger charge is 2.11. The Morgan fingerprint density at radius 2 is 1.85 bits per heavy atom. The molecular weight excluding hydrogens is 194 g/mol. The van der Waals surface area contributed by atoms with Crippen LogP contribution in [0.3, 0.4) is 0 Å². The molecule has 0 saturated carbocycles. The van der Waals surface area contributed by atoms with E-state index in [2.05, 4.69) is 6.58 Å². The fourth-order valence-corrected chi connectivity index (χ4v) is 1.01. The Hall–Kier alpha value is -0.890. The minimum atomic E-state index is -0.752. The first-order chi connectivity index (χ1) is 6.06. The van der Waals surface area contributed by atoms with E-state index in [-0.39, 0.29) is 0 Å². The van der Waals surface area contributed by atoms with Gasteiger partial charge in [0.2, 0.25) is 0 Å². The van der Waals surface area contributed by atoms with Crippen LogP contribution in [0.25, 0.3) is 0 Å². The van der Waals surface area contributed by atoms with Crippen molar-refractivity contribution in [3.8, 4) is 0 Å². The summed E-state index contributed by atoms with van der Waals surface area (Å²) in [6, 6.07) is 2.37. The quantitative estimate of drug-likeness (QED) is 0.640. The zero-order valence-corrected chi connectivity index (χ0v) is 7.83. The first-order valence-electron chi connectivity index (χ1n) is 3.67. The third-order valence-corrected chi connectivity index (χ3v) is 2.11. The molecule has 0 unspecified atom stereocenters. The number of hydrogen-bond acceptors (Lipinski definition) is 0. The Bertz CT molecular complexity index is 311. The molecule has 0 aliphatic heterocycles. The Morgan fingerprint density at radius 1 is 1.38 bits per heavy atom. The van der Waals surface area contributed by atoms with Gasteiger partial charge in [0.05, 0.1) is 0 Å². The average molecular weight is 202 g/mol. The zero-order valence-electron chi connectivity index (χ0n) is 7.07. The fourth-order valence-electron chi connectivity index (χ4n) is 0.901. The standard InChI is InChI=1S/C10H8ClF2/c1-3-6(2)7-4-8(12)10(11)9(13)5-7/h3-5H,1H2,2H3. The van der Waals surface area contributed by atoms with Crippen molar-refractivity contribution in [3.05, 3.63) is 52.9 Å². The minimum Gasteiger partial charge on any atom is -0.205 e. The van der Waals surface area contributed by atoms with E-state index in [9.17, 15) is 8.78 Å². The van der Waals surface area contributed by atoms with Gasteiger partial charge in [-0.1, -0.05) is 24.6 Å². The molecule has 1 radical (unpaired) electrons. The van der Waals surface area contributed by atoms with Crippen LogP contribution in [0.15, 0.2) is 24.8 Å². The predicted molar refractivity (Wildman–Crippen MR) is 49.6 cm³/mol. The number of rotatable bonds is 2. The van der Waals surface area contributed by atoms with Crippen LogP contribution in [-0.4, -0.2) is 0 Å². The molecule has 0 amide bonds. The van der Waals surface area contributed by atoms with E-state index in [0.29, 0.717) is 11.5 Å². The summed E-state index contributed by atoms with van der Waals surface area (Å²) in [7, 11) is 0. The largest absolute Gasteiger partial charge is 0.205 e. The average Bonchev–Trinajstić information content (AvgIpc) is 2.12. The highest BCUT2D eigenvalue weighted by Crippen LogP contribution is 2.24. The summed E-state index contributed by atoms with van der Waals surface area (Å²) in [5.74, 6) is -0.801. The van der Waals surface area contributed by atoms with Gasteiger partial charge in [-0.2, -0.15) is 0 Å². The lowest BCUT2D eigenvalue weighted by Gasteiger charge is -2.06. The van der Waals surface area contributed by atoms with Crippen LogP contribution in [0.5, 0.6) is 0 Å². The Morgan fingerprint density at radius 3 is 2.23 bits per heavy atom. The first-order valence-corrected chi connectivity index (χ1v) is 4.05. The molecule has 0 aliphatic carbocycles. The molecule has 0 heterocycles. The summed E-state index contributed by atoms with van der Waals surface area (Å²) in [6.45, 7) is 5.22. The Balaban J connectivity index is 3.20. The second-order valence-corrected chi connectivity index (χ2v) is 3.02. The van der Waals surface area contributed by atoms with E-state index in [1.807, 2.05) is 0 Å². The maximum atomic E-state index is 12.9. The van der Waals surface area contributed by atoms with Gasteiger partial charge < -0.3 is 0 Å². The topological polar surface area (TPSA) is 0 Å². The fraction of sp³-hybridized carbons (Fsp3) is 0.100. The zero-order chi connectivity index (χ0) is 10.0. The van der Waals surface area contributed by atoms with Crippen molar-refractivity contribution < 1.29 is 8.78 Å².